The Hall–Kier alpha value is -3.86. The maximum atomic E-state index is 14.9. The summed E-state index contributed by atoms with van der Waals surface area (Å²) in [6, 6.07) is 10.1. The van der Waals surface area contributed by atoms with Crippen LogP contribution in [0.25, 0.3) is 11.1 Å². The van der Waals surface area contributed by atoms with Crippen LogP contribution in [0.3, 0.4) is 0 Å². The van der Waals surface area contributed by atoms with Crippen LogP contribution in [0.4, 0.5) is 13.6 Å². The molecular weight excluding hydrogens is 518 g/mol. The minimum atomic E-state index is -3.71. The van der Waals surface area contributed by atoms with E-state index in [2.05, 4.69) is 0 Å². The van der Waals surface area contributed by atoms with Gasteiger partial charge in [0.1, 0.15) is 11.6 Å². The second-order valence-corrected chi connectivity index (χ2v) is 11.9. The normalized spacial score (nSPS) is 11.8. The van der Waals surface area contributed by atoms with E-state index in [0.29, 0.717) is 5.56 Å². The highest BCUT2D eigenvalue weighted by atomic mass is 32.2. The molecule has 1 heterocycles. The van der Waals surface area contributed by atoms with E-state index in [-0.39, 0.29) is 34.4 Å². The summed E-state index contributed by atoms with van der Waals surface area (Å²) < 4.78 is 55.1. The summed E-state index contributed by atoms with van der Waals surface area (Å²) in [7, 11) is -0.990. The molecular formula is C27H28F2N2O6S. The van der Waals surface area contributed by atoms with E-state index in [0.717, 1.165) is 27.7 Å². The molecule has 8 nitrogen and oxygen atoms in total. The van der Waals surface area contributed by atoms with Gasteiger partial charge in [0.25, 0.3) is 5.56 Å². The molecule has 202 valence electrons. The number of aromatic nitrogens is 1. The molecule has 0 aliphatic rings. The molecule has 1 aromatic heterocycles. The molecule has 0 bridgehead atoms. The number of hydrogen-bond donors (Lipinski definition) is 1. The fourth-order valence-corrected chi connectivity index (χ4v) is 5.93. The number of amides is 1. The highest BCUT2D eigenvalue weighted by molar-refractivity contribution is 7.91. The lowest BCUT2D eigenvalue weighted by Crippen LogP contribution is -2.49. The van der Waals surface area contributed by atoms with Crippen LogP contribution in [-0.4, -0.2) is 59.0 Å². The second-order valence-electron chi connectivity index (χ2n) is 9.70. The summed E-state index contributed by atoms with van der Waals surface area (Å²) in [6.45, 7) is 3.02. The first-order valence-electron chi connectivity index (χ1n) is 11.6. The van der Waals surface area contributed by atoms with E-state index < -0.39 is 50.2 Å². The fraction of sp³-hybridized carbons (Fsp3) is 0.296. The van der Waals surface area contributed by atoms with Crippen LogP contribution in [0.5, 0.6) is 0 Å². The van der Waals surface area contributed by atoms with E-state index in [1.165, 1.54) is 58.4 Å². The Bertz CT molecular complexity index is 1550. The Morgan fingerprint density at radius 1 is 1.03 bits per heavy atom. The van der Waals surface area contributed by atoms with Crippen molar-refractivity contribution in [2.45, 2.75) is 25.8 Å². The van der Waals surface area contributed by atoms with Gasteiger partial charge in [-0.2, -0.15) is 0 Å². The minimum Gasteiger partial charge on any atom is -0.465 e. The SMILES string of the molecule is CN(C(=O)O)C(C)(C)CS(=O)(=O)CCc1ccc(C(=O)c2ccc(F)cc2)c(-c2cn(C)c(=O)cc2F)c1. The average Bonchev–Trinajstić information content (AvgIpc) is 2.83. The van der Waals surface area contributed by atoms with Gasteiger partial charge < -0.3 is 14.6 Å². The number of carbonyl (C=O) groups excluding carboxylic acids is 1. The number of aryl methyl sites for hydroxylation is 2. The number of hydrogen-bond acceptors (Lipinski definition) is 5. The third-order valence-electron chi connectivity index (χ3n) is 6.37. The molecule has 3 rings (SSSR count). The summed E-state index contributed by atoms with van der Waals surface area (Å²) in [5, 5.41) is 9.22. The van der Waals surface area contributed by atoms with E-state index in [4.69, 9.17) is 0 Å². The second kappa shape index (κ2) is 10.9. The van der Waals surface area contributed by atoms with Gasteiger partial charge in [-0.25, -0.2) is 22.0 Å². The lowest BCUT2D eigenvalue weighted by atomic mass is 9.92. The van der Waals surface area contributed by atoms with Crippen LogP contribution in [0.1, 0.15) is 35.3 Å². The highest BCUT2D eigenvalue weighted by Gasteiger charge is 2.33. The molecule has 1 N–H and O–H groups in total. The van der Waals surface area contributed by atoms with E-state index >= 15 is 0 Å². The highest BCUT2D eigenvalue weighted by Crippen LogP contribution is 2.29. The summed E-state index contributed by atoms with van der Waals surface area (Å²) in [5.74, 6) is -2.62. The Balaban J connectivity index is 2.00. The van der Waals surface area contributed by atoms with Crippen molar-refractivity contribution in [1.82, 2.24) is 9.47 Å². The van der Waals surface area contributed by atoms with Crippen LogP contribution in [0.2, 0.25) is 0 Å². The van der Waals surface area contributed by atoms with Crippen LogP contribution < -0.4 is 5.56 Å². The van der Waals surface area contributed by atoms with E-state index in [9.17, 15) is 36.7 Å². The molecule has 0 saturated carbocycles. The number of benzene rings is 2. The van der Waals surface area contributed by atoms with Crippen LogP contribution in [0, 0.1) is 11.6 Å². The van der Waals surface area contributed by atoms with Crippen molar-refractivity contribution in [3.05, 3.63) is 93.4 Å². The standard InChI is InChI=1S/C27H28F2N2O6S/c1-27(2,31(4)26(34)35)16-38(36,37)12-11-17-5-10-20(25(33)18-6-8-19(28)9-7-18)21(13-17)22-15-30(3)24(32)14-23(22)29/h5-10,13-15H,11-12,16H2,1-4H3,(H,34,35). The predicted molar refractivity (Wildman–Crippen MR) is 139 cm³/mol. The first-order valence-corrected chi connectivity index (χ1v) is 13.4. The number of pyridine rings is 1. The minimum absolute atomic E-state index is 0.0145. The number of nitrogens with zero attached hydrogens (tertiary/aromatic N) is 2. The monoisotopic (exact) mass is 546 g/mol. The molecule has 0 fully saturated rings. The van der Waals surface area contributed by atoms with Crippen molar-refractivity contribution in [2.24, 2.45) is 7.05 Å². The zero-order chi connectivity index (χ0) is 28.4. The maximum Gasteiger partial charge on any atom is 0.407 e. The number of rotatable bonds is 9. The zero-order valence-corrected chi connectivity index (χ0v) is 22.2. The van der Waals surface area contributed by atoms with E-state index in [1.54, 1.807) is 6.07 Å². The number of sulfone groups is 1. The van der Waals surface area contributed by atoms with Crippen molar-refractivity contribution in [3.63, 3.8) is 0 Å². The maximum absolute atomic E-state index is 14.9. The third-order valence-corrected chi connectivity index (χ3v) is 8.35. The zero-order valence-electron chi connectivity index (χ0n) is 21.4. The number of ketones is 1. The first-order chi connectivity index (χ1) is 17.6. The fourth-order valence-electron chi connectivity index (χ4n) is 3.97. The lowest BCUT2D eigenvalue weighted by molar-refractivity contribution is 0.103. The van der Waals surface area contributed by atoms with Crippen molar-refractivity contribution in [3.8, 4) is 11.1 Å². The van der Waals surface area contributed by atoms with E-state index in [1.807, 2.05) is 0 Å². The Morgan fingerprint density at radius 3 is 2.26 bits per heavy atom. The molecule has 0 radical (unpaired) electrons. The van der Waals surface area contributed by atoms with Gasteiger partial charge in [0, 0.05) is 43.0 Å². The van der Waals surface area contributed by atoms with Gasteiger partial charge in [0.15, 0.2) is 15.6 Å². The Kier molecular flexibility index (Phi) is 8.21. The number of carbonyl (C=O) groups is 2. The predicted octanol–water partition coefficient (Wildman–Crippen LogP) is 3.91. The molecule has 0 atom stereocenters. The van der Waals surface area contributed by atoms with Gasteiger partial charge in [-0.1, -0.05) is 18.2 Å². The first kappa shape index (κ1) is 28.7. The summed E-state index contributed by atoms with van der Waals surface area (Å²) >= 11 is 0. The van der Waals surface area contributed by atoms with Gasteiger partial charge >= 0.3 is 6.09 Å². The van der Waals surface area contributed by atoms with Gasteiger partial charge in [0.05, 0.1) is 17.0 Å². The smallest absolute Gasteiger partial charge is 0.407 e. The van der Waals surface area contributed by atoms with Crippen molar-refractivity contribution in [1.29, 1.82) is 0 Å². The summed E-state index contributed by atoms with van der Waals surface area (Å²) in [5.41, 5.74) is -0.910. The van der Waals surface area contributed by atoms with Crippen LogP contribution >= 0.6 is 0 Å². The number of carboxylic acid groups (broad SMARTS) is 1. The van der Waals surface area contributed by atoms with Crippen molar-refractivity contribution >= 4 is 21.7 Å². The third kappa shape index (κ3) is 6.52. The number of halogens is 2. The van der Waals surface area contributed by atoms with Crippen LogP contribution in [-0.2, 0) is 23.3 Å². The topological polar surface area (TPSA) is 114 Å². The van der Waals surface area contributed by atoms with Crippen molar-refractivity contribution in [2.75, 3.05) is 18.6 Å². The van der Waals surface area contributed by atoms with Crippen molar-refractivity contribution < 1.29 is 31.9 Å². The average molecular weight is 547 g/mol. The molecule has 2 aromatic carbocycles. The Morgan fingerprint density at radius 2 is 1.66 bits per heavy atom. The molecule has 0 aliphatic heterocycles. The quantitative estimate of drug-likeness (QED) is 0.407. The largest absolute Gasteiger partial charge is 0.465 e. The molecule has 1 amide bonds. The van der Waals surface area contributed by atoms with Gasteiger partial charge in [0.2, 0.25) is 0 Å². The summed E-state index contributed by atoms with van der Waals surface area (Å²) in [6.07, 6.45) is 0.00958. The molecule has 0 unspecified atom stereocenters. The summed E-state index contributed by atoms with van der Waals surface area (Å²) in [4.78, 5) is 37.4. The van der Waals surface area contributed by atoms with Crippen LogP contribution in [0.15, 0.2) is 59.5 Å². The molecule has 0 spiro atoms. The molecule has 0 aliphatic carbocycles. The Labute approximate surface area is 219 Å². The molecule has 0 saturated heterocycles. The molecule has 38 heavy (non-hydrogen) atoms. The molecule has 11 heteroatoms. The van der Waals surface area contributed by atoms with Gasteiger partial charge in [-0.3, -0.25) is 9.59 Å². The van der Waals surface area contributed by atoms with Gasteiger partial charge in [-0.05, 0) is 55.7 Å². The lowest BCUT2D eigenvalue weighted by Gasteiger charge is -2.33. The molecule has 3 aromatic rings. The van der Waals surface area contributed by atoms with Gasteiger partial charge in [-0.15, -0.1) is 0 Å².